The van der Waals surface area contributed by atoms with Crippen LogP contribution < -0.4 is 10.0 Å². The smallest absolute Gasteiger partial charge is 0.410 e. The summed E-state index contributed by atoms with van der Waals surface area (Å²) in [4.78, 5) is 58.5. The Kier molecular flexibility index (Phi) is 12.6. The average molecular weight is 862 g/mol. The van der Waals surface area contributed by atoms with Gasteiger partial charge in [-0.3, -0.25) is 19.3 Å². The first kappa shape index (κ1) is 42.8. The molecule has 0 spiro atoms. The van der Waals surface area contributed by atoms with E-state index >= 15 is 4.39 Å². The van der Waals surface area contributed by atoms with Crippen LogP contribution in [0.25, 0.3) is 0 Å². The molecule has 0 radical (unpaired) electrons. The van der Waals surface area contributed by atoms with E-state index < -0.39 is 81.5 Å². The number of hydrogen-bond donors (Lipinski definition) is 2. The Morgan fingerprint density at radius 2 is 1.84 bits per heavy atom. The molecule has 56 heavy (non-hydrogen) atoms. The molecule has 19 heteroatoms. The van der Waals surface area contributed by atoms with Crippen LogP contribution in [-0.4, -0.2) is 108 Å². The van der Waals surface area contributed by atoms with Gasteiger partial charge in [-0.25, -0.2) is 22.3 Å². The molecule has 3 aliphatic heterocycles. The highest BCUT2D eigenvalue weighted by atomic mass is 35.5. The summed E-state index contributed by atoms with van der Waals surface area (Å²) >= 11 is 12.9. The number of hydroxylamine groups is 2. The van der Waals surface area contributed by atoms with Crippen LogP contribution in [0.5, 0.6) is 0 Å². The molecule has 1 aromatic rings. The van der Waals surface area contributed by atoms with Gasteiger partial charge in [-0.2, -0.15) is 0 Å². The van der Waals surface area contributed by atoms with Crippen LogP contribution in [0.2, 0.25) is 8.67 Å². The molecule has 6 unspecified atom stereocenters. The van der Waals surface area contributed by atoms with Crippen molar-refractivity contribution in [1.82, 2.24) is 24.9 Å². The fourth-order valence-electron chi connectivity index (χ4n) is 8.00. The van der Waals surface area contributed by atoms with Crippen LogP contribution >= 0.6 is 34.5 Å². The van der Waals surface area contributed by atoms with Gasteiger partial charge in [-0.1, -0.05) is 67.5 Å². The predicted molar refractivity (Wildman–Crippen MR) is 208 cm³/mol. The minimum atomic E-state index is -4.49. The zero-order valence-corrected chi connectivity index (χ0v) is 35.1. The number of rotatable bonds is 7. The summed E-state index contributed by atoms with van der Waals surface area (Å²) in [6.07, 6.45) is 6.19. The zero-order chi connectivity index (χ0) is 40.8. The highest BCUT2D eigenvalue weighted by Crippen LogP contribution is 2.48. The summed E-state index contributed by atoms with van der Waals surface area (Å²) < 4.78 is 55.6. The van der Waals surface area contributed by atoms with Gasteiger partial charge in [0.25, 0.3) is 15.9 Å². The van der Waals surface area contributed by atoms with Crippen molar-refractivity contribution in [1.29, 1.82) is 0 Å². The molecule has 2 aliphatic carbocycles. The molecule has 0 aromatic carbocycles. The van der Waals surface area contributed by atoms with Crippen molar-refractivity contribution < 1.29 is 41.5 Å². The lowest BCUT2D eigenvalue weighted by molar-refractivity contribution is -0.146. The quantitative estimate of drug-likeness (QED) is 0.251. The molecule has 6 atom stereocenters. The Bertz CT molecular complexity index is 1900. The third-order valence-corrected chi connectivity index (χ3v) is 14.3. The molecule has 2 saturated heterocycles. The minimum Gasteiger partial charge on any atom is -0.783 e. The molecule has 1 aromatic heterocycles. The van der Waals surface area contributed by atoms with Gasteiger partial charge in [0.2, 0.25) is 11.8 Å². The highest BCUT2D eigenvalue weighted by molar-refractivity contribution is 7.90. The topological polar surface area (TPSA) is 178 Å². The number of nitrogens with one attached hydrogen (secondary N) is 2. The van der Waals surface area contributed by atoms with Gasteiger partial charge in [0.1, 0.15) is 32.6 Å². The van der Waals surface area contributed by atoms with Crippen LogP contribution in [0, 0.1) is 11.1 Å². The Hall–Kier alpha value is -2.80. The summed E-state index contributed by atoms with van der Waals surface area (Å²) in [5, 5.41) is 17.0. The van der Waals surface area contributed by atoms with Crippen LogP contribution in [0.4, 0.5) is 9.18 Å². The fraction of sp³-hybridized carbons (Fsp3) is 0.676. The minimum absolute atomic E-state index is 0.0243. The second kappa shape index (κ2) is 16.5. The molecule has 310 valence electrons. The summed E-state index contributed by atoms with van der Waals surface area (Å²) in [6.45, 7) is 6.33. The van der Waals surface area contributed by atoms with Gasteiger partial charge >= 0.3 is 6.09 Å². The first-order valence-corrected chi connectivity index (χ1v) is 22.0. The van der Waals surface area contributed by atoms with E-state index in [1.54, 1.807) is 32.9 Å². The molecular weight excluding hydrogens is 812 g/mol. The van der Waals surface area contributed by atoms with E-state index in [0.717, 1.165) is 36.7 Å². The van der Waals surface area contributed by atoms with E-state index in [9.17, 15) is 32.8 Å². The summed E-state index contributed by atoms with van der Waals surface area (Å²) in [5.41, 5.74) is -2.73. The summed E-state index contributed by atoms with van der Waals surface area (Å²) in [5.74, 6) is -2.80. The number of sulfonamides is 1. The Morgan fingerprint density at radius 3 is 2.50 bits per heavy atom. The molecule has 4 amide bonds. The maximum absolute atomic E-state index is 15.3. The van der Waals surface area contributed by atoms with Gasteiger partial charge in [0.05, 0.1) is 29.3 Å². The number of amides is 4. The van der Waals surface area contributed by atoms with Crippen LogP contribution in [0.1, 0.15) is 91.9 Å². The van der Waals surface area contributed by atoms with Gasteiger partial charge in [0, 0.05) is 25.9 Å². The first-order chi connectivity index (χ1) is 26.2. The SMILES string of the molecule is CC(C)(C)OCN([O-])C1CCCCCCCC2CC2(C(=O)NS(=O)(=O)c2cc(Cl)sc2Cl)NC(=O)C2CC(OC(=O)N3CC4=C(C3)C(C)(F)CC=C4)CN2C1=O. The van der Waals surface area contributed by atoms with E-state index in [-0.39, 0.29) is 58.9 Å². The van der Waals surface area contributed by atoms with E-state index in [2.05, 4.69) is 10.0 Å². The highest BCUT2D eigenvalue weighted by Gasteiger charge is 2.62. The average Bonchev–Trinajstić information content (AvgIpc) is 3.41. The number of carbonyl (C=O) groups is 4. The molecular formula is C37H49Cl2FN5O9S2-. The number of fused-ring (bicyclic) bond motifs is 2. The molecule has 0 bridgehead atoms. The number of ether oxygens (including phenoxy) is 2. The maximum Gasteiger partial charge on any atom is 0.410 e. The number of allylic oxidation sites excluding steroid dienone is 1. The number of alkyl halides is 1. The zero-order valence-electron chi connectivity index (χ0n) is 31.9. The summed E-state index contributed by atoms with van der Waals surface area (Å²) in [6, 6.07) is -1.39. The molecule has 1 saturated carbocycles. The van der Waals surface area contributed by atoms with Crippen molar-refractivity contribution in [2.24, 2.45) is 5.92 Å². The van der Waals surface area contributed by atoms with Gasteiger partial charge in [-0.05, 0) is 70.1 Å². The normalized spacial score (nSPS) is 30.3. The van der Waals surface area contributed by atoms with Crippen LogP contribution in [0.15, 0.2) is 34.3 Å². The van der Waals surface area contributed by atoms with Crippen molar-refractivity contribution >= 4 is 68.4 Å². The standard InChI is InChI=1S/C37H49Cl2FN5O9S2/c1-35(2,3)53-21-45(50)26-13-9-7-5-6-8-12-23-17-37(23,33(48)42-56(51,52)28-16-29(38)55-30(28)39)41-31(46)27-15-24(19-44(27)32(26)47)54-34(49)43-18-22-11-10-14-36(4,40)25(22)20-43/h10-11,16,23-24,26-27H,5-9,12-15,17-21H2,1-4H3,(H,41,46)(H,42,48)/q-1. The lowest BCUT2D eigenvalue weighted by Gasteiger charge is -2.40. The Labute approximate surface area is 340 Å². The molecule has 2 N–H and O–H groups in total. The van der Waals surface area contributed by atoms with E-state index in [1.165, 1.54) is 16.7 Å². The van der Waals surface area contributed by atoms with Crippen molar-refractivity contribution in [3.05, 3.63) is 43.2 Å². The summed E-state index contributed by atoms with van der Waals surface area (Å²) in [7, 11) is -4.49. The monoisotopic (exact) mass is 860 g/mol. The number of halogens is 3. The van der Waals surface area contributed by atoms with E-state index in [0.29, 0.717) is 35.5 Å². The van der Waals surface area contributed by atoms with Gasteiger partial charge in [0.15, 0.2) is 0 Å². The van der Waals surface area contributed by atoms with Crippen molar-refractivity contribution in [2.45, 2.75) is 132 Å². The molecule has 4 heterocycles. The third kappa shape index (κ3) is 9.39. The van der Waals surface area contributed by atoms with Crippen molar-refractivity contribution in [3.63, 3.8) is 0 Å². The Morgan fingerprint density at radius 1 is 1.14 bits per heavy atom. The Balaban J connectivity index is 1.26. The largest absolute Gasteiger partial charge is 0.783 e. The van der Waals surface area contributed by atoms with Crippen molar-refractivity contribution in [2.75, 3.05) is 26.4 Å². The lowest BCUT2D eigenvalue weighted by atomic mass is 9.87. The number of nitrogens with zero attached hydrogens (tertiary/aromatic N) is 3. The predicted octanol–water partition coefficient (Wildman–Crippen LogP) is 5.83. The van der Waals surface area contributed by atoms with E-state index in [4.69, 9.17) is 32.7 Å². The molecule has 14 nitrogen and oxygen atoms in total. The van der Waals surface area contributed by atoms with Crippen molar-refractivity contribution in [3.8, 4) is 0 Å². The fourth-order valence-corrected chi connectivity index (χ4v) is 11.2. The maximum atomic E-state index is 15.3. The second-order valence-corrected chi connectivity index (χ2v) is 20.5. The second-order valence-electron chi connectivity index (χ2n) is 16.6. The number of hydrogen-bond acceptors (Lipinski definition) is 11. The van der Waals surface area contributed by atoms with Gasteiger partial charge in [-0.15, -0.1) is 11.3 Å². The van der Waals surface area contributed by atoms with E-state index in [1.807, 2.05) is 0 Å². The molecule has 5 aliphatic rings. The number of carbonyl (C=O) groups excluding carboxylic acids is 4. The number of thiophene rings is 1. The van der Waals surface area contributed by atoms with Crippen LogP contribution in [0.3, 0.4) is 0 Å². The third-order valence-electron chi connectivity index (χ3n) is 11.2. The molecule has 3 fully saturated rings. The lowest BCUT2D eigenvalue weighted by Crippen LogP contribution is -2.58. The first-order valence-electron chi connectivity index (χ1n) is 19.0. The van der Waals surface area contributed by atoms with Crippen LogP contribution in [-0.2, 0) is 33.9 Å². The van der Waals surface area contributed by atoms with Gasteiger partial charge < -0.3 is 30.0 Å². The molecule has 6 rings (SSSR count).